The number of nitrogens with one attached hydrogen (secondary N) is 1. The van der Waals surface area contributed by atoms with Crippen molar-refractivity contribution in [2.45, 2.75) is 18.5 Å². The number of ether oxygens (including phenoxy) is 1. The maximum atomic E-state index is 12.5. The number of hydrogen-bond acceptors (Lipinski definition) is 8. The summed E-state index contributed by atoms with van der Waals surface area (Å²) in [5.41, 5.74) is 0.220. The molecule has 0 aliphatic carbocycles. The average Bonchev–Trinajstić information content (AvgIpc) is 3.33. The minimum Gasteiger partial charge on any atom is -0.504 e. The summed E-state index contributed by atoms with van der Waals surface area (Å²) in [6.07, 6.45) is 11.2. The Hall–Kier alpha value is -3.73. The van der Waals surface area contributed by atoms with Gasteiger partial charge in [-0.3, -0.25) is 10.1 Å². The summed E-state index contributed by atoms with van der Waals surface area (Å²) in [6.45, 7) is 1.54. The fourth-order valence-corrected chi connectivity index (χ4v) is 3.89. The molecule has 2 N–H and O–H groups in total. The first-order valence-electron chi connectivity index (χ1n) is 9.26. The molecule has 2 atom stereocenters. The van der Waals surface area contributed by atoms with Crippen molar-refractivity contribution < 1.29 is 14.6 Å². The van der Waals surface area contributed by atoms with Crippen LogP contribution < -0.4 is 15.0 Å². The number of rotatable bonds is 6. The second kappa shape index (κ2) is 7.72. The van der Waals surface area contributed by atoms with Crippen molar-refractivity contribution in [2.24, 2.45) is 0 Å². The van der Waals surface area contributed by atoms with E-state index < -0.39 is 0 Å². The average molecular weight is 391 g/mol. The molecule has 2 aromatic rings. The smallest absolute Gasteiger partial charge is 0.227 e. The molecule has 2 aliphatic heterocycles. The lowest BCUT2D eigenvalue weighted by Crippen LogP contribution is -2.44. The molecule has 2 bridgehead atoms. The zero-order valence-electron chi connectivity index (χ0n) is 15.9. The molecule has 3 heterocycles. The van der Waals surface area contributed by atoms with Crippen LogP contribution in [-0.2, 0) is 0 Å². The van der Waals surface area contributed by atoms with Crippen LogP contribution in [0.4, 0.5) is 11.8 Å². The first-order valence-corrected chi connectivity index (χ1v) is 9.26. The molecule has 0 radical (unpaired) electrons. The highest BCUT2D eigenvalue weighted by Gasteiger charge is 2.43. The van der Waals surface area contributed by atoms with Crippen LogP contribution in [0.5, 0.6) is 11.5 Å². The molecule has 0 saturated carbocycles. The summed E-state index contributed by atoms with van der Waals surface area (Å²) in [5.74, 6) is 1.12. The Balaban J connectivity index is 1.42. The summed E-state index contributed by atoms with van der Waals surface area (Å²) in [4.78, 5) is 25.6. The van der Waals surface area contributed by atoms with Crippen molar-refractivity contribution in [3.63, 3.8) is 0 Å². The zero-order chi connectivity index (χ0) is 20.4. The molecule has 2 fully saturated rings. The van der Waals surface area contributed by atoms with Crippen LogP contribution in [0.2, 0.25) is 0 Å². The van der Waals surface area contributed by atoms with E-state index in [0.717, 1.165) is 19.5 Å². The van der Waals surface area contributed by atoms with Gasteiger partial charge in [-0.05, 0) is 24.6 Å². The van der Waals surface area contributed by atoms with E-state index in [1.807, 2.05) is 0 Å². The lowest BCUT2D eigenvalue weighted by atomic mass is 10.1. The number of carbonyl (C=O) groups is 1. The predicted molar refractivity (Wildman–Crippen MR) is 109 cm³/mol. The summed E-state index contributed by atoms with van der Waals surface area (Å²) < 4.78 is 5.06. The number of anilines is 2. The van der Waals surface area contributed by atoms with Gasteiger partial charge in [-0.2, -0.15) is 4.98 Å². The van der Waals surface area contributed by atoms with Gasteiger partial charge in [-0.25, -0.2) is 4.98 Å². The second-order valence-corrected chi connectivity index (χ2v) is 6.94. The van der Waals surface area contributed by atoms with Gasteiger partial charge in [-0.15, -0.1) is 0 Å². The fourth-order valence-electron chi connectivity index (χ4n) is 3.89. The third-order valence-electron chi connectivity index (χ3n) is 5.28. The van der Waals surface area contributed by atoms with Gasteiger partial charge in [0, 0.05) is 43.6 Å². The van der Waals surface area contributed by atoms with Crippen molar-refractivity contribution in [2.75, 3.05) is 30.4 Å². The number of terminal acetylenes is 1. The normalized spacial score (nSPS) is 20.1. The lowest BCUT2D eigenvalue weighted by molar-refractivity contribution is 0.104. The quantitative estimate of drug-likeness (QED) is 0.334. The highest BCUT2D eigenvalue weighted by molar-refractivity contribution is 6.06. The van der Waals surface area contributed by atoms with Gasteiger partial charge in [0.25, 0.3) is 0 Å². The molecule has 29 heavy (non-hydrogen) atoms. The Bertz CT molecular complexity index is 1000. The standard InChI is InChI=1S/C21H21N5O3/c1-3-22-19-7-9-23-21(24-19)26-13-14-11-15(26)12-25(14)10-8-17(27)16-5-4-6-18(29-2)20(16)28/h1,4-10,14-15,28H,11-13H2,2H3,(H,22,23,24). The summed E-state index contributed by atoms with van der Waals surface area (Å²) in [6, 6.07) is 9.50. The molecule has 2 saturated heterocycles. The fraction of sp³-hybridized carbons (Fsp3) is 0.286. The molecule has 4 rings (SSSR count). The van der Waals surface area contributed by atoms with Gasteiger partial charge in [0.1, 0.15) is 5.82 Å². The number of hydrogen-bond donors (Lipinski definition) is 2. The van der Waals surface area contributed by atoms with Crippen molar-refractivity contribution >= 4 is 17.5 Å². The molecular formula is C21H21N5O3. The molecule has 0 spiro atoms. The molecule has 8 nitrogen and oxygen atoms in total. The number of carbonyl (C=O) groups excluding carboxylic acids is 1. The number of allylic oxidation sites excluding steroid dienone is 1. The molecule has 8 heteroatoms. The number of aromatic hydroxyl groups is 1. The number of phenolic OH excluding ortho intramolecular Hbond substituents is 1. The number of aromatic nitrogens is 2. The van der Waals surface area contributed by atoms with E-state index in [9.17, 15) is 9.90 Å². The highest BCUT2D eigenvalue weighted by atomic mass is 16.5. The Kier molecular flexibility index (Phi) is 4.96. The SMILES string of the molecule is C#CNc1ccnc(N2CC3CC2CN3C=CC(=O)c2cccc(OC)c2O)n1. The number of phenols is 1. The molecule has 1 aromatic carbocycles. The van der Waals surface area contributed by atoms with Gasteiger partial charge < -0.3 is 19.6 Å². The van der Waals surface area contributed by atoms with Crippen LogP contribution in [0.25, 0.3) is 0 Å². The summed E-state index contributed by atoms with van der Waals surface area (Å²) >= 11 is 0. The van der Waals surface area contributed by atoms with Crippen LogP contribution in [0, 0.1) is 12.5 Å². The third kappa shape index (κ3) is 3.55. The minimum absolute atomic E-state index is 0.142. The number of methoxy groups -OCH3 is 1. The number of ketones is 1. The van der Waals surface area contributed by atoms with E-state index >= 15 is 0 Å². The first kappa shape index (κ1) is 18.6. The third-order valence-corrected chi connectivity index (χ3v) is 5.28. The molecular weight excluding hydrogens is 370 g/mol. The number of benzene rings is 1. The van der Waals surface area contributed by atoms with Crippen LogP contribution >= 0.6 is 0 Å². The lowest BCUT2D eigenvalue weighted by Gasteiger charge is -2.33. The number of nitrogens with zero attached hydrogens (tertiary/aromatic N) is 4. The Labute approximate surface area is 168 Å². The Morgan fingerprint density at radius 1 is 1.38 bits per heavy atom. The number of fused-ring (bicyclic) bond motifs is 2. The summed E-state index contributed by atoms with van der Waals surface area (Å²) in [7, 11) is 1.45. The number of para-hydroxylation sites is 1. The molecule has 1 aromatic heterocycles. The molecule has 2 aliphatic rings. The zero-order valence-corrected chi connectivity index (χ0v) is 15.9. The van der Waals surface area contributed by atoms with E-state index in [4.69, 9.17) is 11.2 Å². The van der Waals surface area contributed by atoms with Gasteiger partial charge >= 0.3 is 0 Å². The Morgan fingerprint density at radius 2 is 2.24 bits per heavy atom. The van der Waals surface area contributed by atoms with Crippen LogP contribution in [-0.4, -0.2) is 58.0 Å². The molecule has 0 amide bonds. The maximum absolute atomic E-state index is 12.5. The van der Waals surface area contributed by atoms with E-state index in [0.29, 0.717) is 11.8 Å². The van der Waals surface area contributed by atoms with Crippen molar-refractivity contribution in [1.82, 2.24) is 14.9 Å². The van der Waals surface area contributed by atoms with E-state index in [1.54, 1.807) is 36.7 Å². The molecule has 2 unspecified atom stereocenters. The van der Waals surface area contributed by atoms with Gasteiger partial charge in [0.05, 0.1) is 18.7 Å². The topological polar surface area (TPSA) is 90.8 Å². The molecule has 148 valence electrons. The highest BCUT2D eigenvalue weighted by Crippen LogP contribution is 2.34. The monoisotopic (exact) mass is 391 g/mol. The summed E-state index contributed by atoms with van der Waals surface area (Å²) in [5, 5.41) is 12.9. The van der Waals surface area contributed by atoms with Crippen LogP contribution in [0.1, 0.15) is 16.8 Å². The van der Waals surface area contributed by atoms with Crippen LogP contribution in [0.3, 0.4) is 0 Å². The van der Waals surface area contributed by atoms with E-state index in [2.05, 4.69) is 31.1 Å². The second-order valence-electron chi connectivity index (χ2n) is 6.94. The van der Waals surface area contributed by atoms with Crippen molar-refractivity contribution in [3.05, 3.63) is 48.3 Å². The Morgan fingerprint density at radius 3 is 2.97 bits per heavy atom. The van der Waals surface area contributed by atoms with Crippen LogP contribution in [0.15, 0.2) is 42.7 Å². The maximum Gasteiger partial charge on any atom is 0.227 e. The number of likely N-dealkylation sites (tertiary alicyclic amines) is 1. The first-order chi connectivity index (χ1) is 14.1. The largest absolute Gasteiger partial charge is 0.504 e. The van der Waals surface area contributed by atoms with Gasteiger partial charge in [0.2, 0.25) is 5.95 Å². The van der Waals surface area contributed by atoms with Gasteiger partial charge in [-0.1, -0.05) is 12.5 Å². The van der Waals surface area contributed by atoms with Crippen molar-refractivity contribution in [1.29, 1.82) is 0 Å². The van der Waals surface area contributed by atoms with E-state index in [-0.39, 0.29) is 34.9 Å². The van der Waals surface area contributed by atoms with Crippen molar-refractivity contribution in [3.8, 4) is 24.0 Å². The van der Waals surface area contributed by atoms with E-state index in [1.165, 1.54) is 13.2 Å². The predicted octanol–water partition coefficient (Wildman–Crippen LogP) is 1.85. The van der Waals surface area contributed by atoms with Gasteiger partial charge in [0.15, 0.2) is 17.3 Å². The number of piperazine rings is 1. The minimum atomic E-state index is -0.266.